The number of carboxylic acids is 1. The largest absolute Gasteiger partial charge is 0.480 e. The van der Waals surface area contributed by atoms with Gasteiger partial charge in [0, 0.05) is 5.02 Å². The van der Waals surface area contributed by atoms with Crippen LogP contribution in [0.1, 0.15) is 12.7 Å². The Labute approximate surface area is 133 Å². The molecule has 1 atom stereocenters. The fourth-order valence-electron chi connectivity index (χ4n) is 1.85. The van der Waals surface area contributed by atoms with E-state index < -0.39 is 22.0 Å². The Kier molecular flexibility index (Phi) is 4.90. The molecule has 2 rings (SSSR count). The first-order valence-corrected chi connectivity index (χ1v) is 8.17. The van der Waals surface area contributed by atoms with E-state index in [-0.39, 0.29) is 11.4 Å². The number of nitrogens with zero attached hydrogens (tertiary/aromatic N) is 1. The number of aliphatic carboxylic acids is 1. The monoisotopic (exact) mass is 343 g/mol. The van der Waals surface area contributed by atoms with Crippen molar-refractivity contribution in [2.75, 3.05) is 0 Å². The Morgan fingerprint density at radius 1 is 1.32 bits per heavy atom. The molecule has 0 saturated carbocycles. The van der Waals surface area contributed by atoms with Gasteiger partial charge in [0.25, 0.3) is 0 Å². The van der Waals surface area contributed by atoms with Gasteiger partial charge in [-0.2, -0.15) is 4.31 Å². The van der Waals surface area contributed by atoms with Crippen molar-refractivity contribution in [1.82, 2.24) is 4.31 Å². The molecule has 118 valence electrons. The van der Waals surface area contributed by atoms with Crippen molar-refractivity contribution in [3.8, 4) is 0 Å². The normalized spacial score (nSPS) is 13.2. The predicted octanol–water partition coefficient (Wildman–Crippen LogP) is 2.60. The number of furan rings is 1. The maximum Gasteiger partial charge on any atom is 0.321 e. The zero-order valence-corrected chi connectivity index (χ0v) is 13.2. The Morgan fingerprint density at radius 2 is 1.95 bits per heavy atom. The second-order valence-corrected chi connectivity index (χ2v) is 6.92. The minimum atomic E-state index is -4.00. The molecular formula is C14H14ClNO5S. The van der Waals surface area contributed by atoms with Crippen LogP contribution >= 0.6 is 11.6 Å². The lowest BCUT2D eigenvalue weighted by Gasteiger charge is -2.24. The van der Waals surface area contributed by atoms with E-state index >= 15 is 0 Å². The summed E-state index contributed by atoms with van der Waals surface area (Å²) in [6.07, 6.45) is 1.40. The third kappa shape index (κ3) is 3.49. The first-order valence-electron chi connectivity index (χ1n) is 6.35. The molecule has 0 saturated heterocycles. The lowest BCUT2D eigenvalue weighted by atomic mass is 10.3. The number of hydrogen-bond acceptors (Lipinski definition) is 4. The average Bonchev–Trinajstić information content (AvgIpc) is 2.97. The van der Waals surface area contributed by atoms with Gasteiger partial charge >= 0.3 is 5.97 Å². The summed E-state index contributed by atoms with van der Waals surface area (Å²) in [7, 11) is -4.00. The van der Waals surface area contributed by atoms with E-state index in [2.05, 4.69) is 0 Å². The quantitative estimate of drug-likeness (QED) is 0.871. The molecule has 0 spiro atoms. The Bertz CT molecular complexity index is 740. The highest BCUT2D eigenvalue weighted by Crippen LogP contribution is 2.23. The summed E-state index contributed by atoms with van der Waals surface area (Å²) >= 11 is 5.75. The minimum absolute atomic E-state index is 0.0310. The number of halogens is 1. The first-order chi connectivity index (χ1) is 10.3. The van der Waals surface area contributed by atoms with Crippen LogP contribution < -0.4 is 0 Å². The number of hydrogen-bond donors (Lipinski definition) is 1. The van der Waals surface area contributed by atoms with Crippen molar-refractivity contribution in [2.24, 2.45) is 0 Å². The van der Waals surface area contributed by atoms with Crippen molar-refractivity contribution < 1.29 is 22.7 Å². The zero-order valence-electron chi connectivity index (χ0n) is 11.6. The highest BCUT2D eigenvalue weighted by atomic mass is 35.5. The summed E-state index contributed by atoms with van der Waals surface area (Å²) in [4.78, 5) is 11.2. The van der Waals surface area contributed by atoms with Gasteiger partial charge in [0.2, 0.25) is 10.0 Å². The molecule has 0 aliphatic rings. The van der Waals surface area contributed by atoms with Crippen molar-refractivity contribution in [2.45, 2.75) is 24.4 Å². The SMILES string of the molecule is CC(C(=O)O)N(Cc1ccco1)S(=O)(=O)c1ccc(Cl)cc1. The molecule has 2 aromatic rings. The van der Waals surface area contributed by atoms with Crippen LogP contribution in [0.3, 0.4) is 0 Å². The Morgan fingerprint density at radius 3 is 2.45 bits per heavy atom. The molecule has 0 aliphatic heterocycles. The van der Waals surface area contributed by atoms with E-state index in [4.69, 9.17) is 16.0 Å². The molecule has 6 nitrogen and oxygen atoms in total. The molecule has 0 amide bonds. The van der Waals surface area contributed by atoms with E-state index in [1.807, 2.05) is 0 Å². The number of sulfonamides is 1. The van der Waals surface area contributed by atoms with E-state index in [0.717, 1.165) is 4.31 Å². The van der Waals surface area contributed by atoms with Crippen molar-refractivity contribution in [3.05, 3.63) is 53.4 Å². The lowest BCUT2D eigenvalue weighted by Crippen LogP contribution is -2.42. The number of benzene rings is 1. The highest BCUT2D eigenvalue weighted by Gasteiger charge is 2.33. The lowest BCUT2D eigenvalue weighted by molar-refractivity contribution is -0.141. The van der Waals surface area contributed by atoms with E-state index in [1.54, 1.807) is 12.1 Å². The van der Waals surface area contributed by atoms with Crippen LogP contribution in [0.5, 0.6) is 0 Å². The summed E-state index contributed by atoms with van der Waals surface area (Å²) in [6, 6.07) is 7.48. The molecule has 0 fully saturated rings. The van der Waals surface area contributed by atoms with Crippen LogP contribution in [0.2, 0.25) is 5.02 Å². The molecule has 1 heterocycles. The maximum absolute atomic E-state index is 12.7. The Balaban J connectivity index is 2.42. The maximum atomic E-state index is 12.7. The zero-order chi connectivity index (χ0) is 16.3. The molecule has 1 aromatic carbocycles. The van der Waals surface area contributed by atoms with Gasteiger partial charge in [0.1, 0.15) is 11.8 Å². The standard InChI is InChI=1S/C14H14ClNO5S/c1-10(14(17)18)16(9-12-3-2-8-21-12)22(19,20)13-6-4-11(15)5-7-13/h2-8,10H,9H2,1H3,(H,17,18). The van der Waals surface area contributed by atoms with Crippen LogP contribution in [-0.4, -0.2) is 29.8 Å². The first kappa shape index (κ1) is 16.5. The average molecular weight is 344 g/mol. The van der Waals surface area contributed by atoms with Crippen LogP contribution in [0.25, 0.3) is 0 Å². The van der Waals surface area contributed by atoms with Crippen LogP contribution in [0.15, 0.2) is 52.0 Å². The number of carboxylic acid groups (broad SMARTS) is 1. The number of carbonyl (C=O) groups is 1. The van der Waals surface area contributed by atoms with E-state index in [9.17, 15) is 18.3 Å². The van der Waals surface area contributed by atoms with Gasteiger partial charge in [-0.1, -0.05) is 11.6 Å². The highest BCUT2D eigenvalue weighted by molar-refractivity contribution is 7.89. The molecular weight excluding hydrogens is 330 g/mol. The van der Waals surface area contributed by atoms with Crippen LogP contribution in [0.4, 0.5) is 0 Å². The molecule has 0 aliphatic carbocycles. The fourth-order valence-corrected chi connectivity index (χ4v) is 3.53. The molecule has 8 heteroatoms. The van der Waals surface area contributed by atoms with Gasteiger partial charge in [-0.05, 0) is 43.3 Å². The predicted molar refractivity (Wildman–Crippen MR) is 80.0 cm³/mol. The molecule has 1 unspecified atom stereocenters. The van der Waals surface area contributed by atoms with E-state index in [0.29, 0.717) is 10.8 Å². The minimum Gasteiger partial charge on any atom is -0.480 e. The van der Waals surface area contributed by atoms with Crippen molar-refractivity contribution >= 4 is 27.6 Å². The second kappa shape index (κ2) is 6.51. The van der Waals surface area contributed by atoms with Gasteiger partial charge in [-0.3, -0.25) is 4.79 Å². The smallest absolute Gasteiger partial charge is 0.321 e. The fraction of sp³-hybridized carbons (Fsp3) is 0.214. The van der Waals surface area contributed by atoms with Gasteiger partial charge < -0.3 is 9.52 Å². The third-order valence-electron chi connectivity index (χ3n) is 3.10. The Hall–Kier alpha value is -1.83. The molecule has 0 bridgehead atoms. The number of rotatable bonds is 6. The van der Waals surface area contributed by atoms with Gasteiger partial charge in [-0.15, -0.1) is 0 Å². The molecule has 0 radical (unpaired) electrons. The van der Waals surface area contributed by atoms with Crippen molar-refractivity contribution in [1.29, 1.82) is 0 Å². The topological polar surface area (TPSA) is 87.8 Å². The van der Waals surface area contributed by atoms with Crippen LogP contribution in [0, 0.1) is 0 Å². The van der Waals surface area contributed by atoms with Gasteiger partial charge in [0.15, 0.2) is 0 Å². The summed E-state index contributed by atoms with van der Waals surface area (Å²) < 4.78 is 31.4. The molecule has 1 N–H and O–H groups in total. The molecule has 22 heavy (non-hydrogen) atoms. The summed E-state index contributed by atoms with van der Waals surface area (Å²) in [5.41, 5.74) is 0. The summed E-state index contributed by atoms with van der Waals surface area (Å²) in [5.74, 6) is -0.894. The van der Waals surface area contributed by atoms with Crippen molar-refractivity contribution in [3.63, 3.8) is 0 Å². The van der Waals surface area contributed by atoms with Crippen LogP contribution in [-0.2, 0) is 21.4 Å². The third-order valence-corrected chi connectivity index (χ3v) is 5.28. The summed E-state index contributed by atoms with van der Waals surface area (Å²) in [6.45, 7) is 1.13. The summed E-state index contributed by atoms with van der Waals surface area (Å²) in [5, 5.41) is 9.57. The van der Waals surface area contributed by atoms with Gasteiger partial charge in [0.05, 0.1) is 17.7 Å². The second-order valence-electron chi connectivity index (χ2n) is 4.60. The van der Waals surface area contributed by atoms with E-state index in [1.165, 1.54) is 37.5 Å². The van der Waals surface area contributed by atoms with Gasteiger partial charge in [-0.25, -0.2) is 8.42 Å². The molecule has 1 aromatic heterocycles.